The molecule has 0 heterocycles. The van der Waals surface area contributed by atoms with Gasteiger partial charge < -0.3 is 10.1 Å². The Kier molecular flexibility index (Phi) is 6.06. The standard InChI is InChI=1S/C12H20N4O/c1-10-4-3-5-11(8-10)9-15-12(16-13)14-6-7-17-2/h3-5,8H,6-7,9,13H2,1-2H3,(H2,14,15,16). The highest BCUT2D eigenvalue weighted by Crippen LogP contribution is 2.04. The molecule has 17 heavy (non-hydrogen) atoms. The smallest absolute Gasteiger partial charge is 0.206 e. The number of aliphatic imine (C=N–C) groups is 1. The van der Waals surface area contributed by atoms with Crippen molar-refractivity contribution in [1.82, 2.24) is 10.7 Å². The van der Waals surface area contributed by atoms with Gasteiger partial charge in [-0.3, -0.25) is 5.43 Å². The number of ether oxygens (including phenoxy) is 1. The largest absolute Gasteiger partial charge is 0.383 e. The lowest BCUT2D eigenvalue weighted by atomic mass is 10.1. The molecule has 1 aromatic rings. The summed E-state index contributed by atoms with van der Waals surface area (Å²) < 4.78 is 4.93. The van der Waals surface area contributed by atoms with Gasteiger partial charge in [0.2, 0.25) is 5.96 Å². The predicted octanol–water partition coefficient (Wildman–Crippen LogP) is 0.550. The van der Waals surface area contributed by atoms with Crippen molar-refractivity contribution in [2.75, 3.05) is 20.3 Å². The van der Waals surface area contributed by atoms with Crippen molar-refractivity contribution in [2.24, 2.45) is 10.8 Å². The van der Waals surface area contributed by atoms with Crippen LogP contribution in [0.5, 0.6) is 0 Å². The molecular weight excluding hydrogens is 216 g/mol. The van der Waals surface area contributed by atoms with Crippen LogP contribution in [0.1, 0.15) is 11.1 Å². The summed E-state index contributed by atoms with van der Waals surface area (Å²) in [5.74, 6) is 5.94. The van der Waals surface area contributed by atoms with Crippen LogP contribution in [-0.4, -0.2) is 26.2 Å². The molecule has 94 valence electrons. The Labute approximate surface area is 102 Å². The van der Waals surface area contributed by atoms with E-state index >= 15 is 0 Å². The number of hydrogen-bond acceptors (Lipinski definition) is 3. The Morgan fingerprint density at radius 2 is 2.29 bits per heavy atom. The molecule has 1 rings (SSSR count). The van der Waals surface area contributed by atoms with Gasteiger partial charge in [0.05, 0.1) is 13.2 Å². The van der Waals surface area contributed by atoms with Gasteiger partial charge in [0.25, 0.3) is 0 Å². The molecule has 4 N–H and O–H groups in total. The molecular formula is C12H20N4O. The third kappa shape index (κ3) is 5.33. The molecule has 0 aliphatic rings. The summed E-state index contributed by atoms with van der Waals surface area (Å²) in [5, 5.41) is 3.04. The first-order valence-electron chi connectivity index (χ1n) is 5.55. The van der Waals surface area contributed by atoms with Crippen LogP contribution in [0.2, 0.25) is 0 Å². The molecule has 0 radical (unpaired) electrons. The van der Waals surface area contributed by atoms with Gasteiger partial charge in [0.1, 0.15) is 0 Å². The molecule has 0 aliphatic carbocycles. The molecule has 5 nitrogen and oxygen atoms in total. The van der Waals surface area contributed by atoms with Gasteiger partial charge in [-0.05, 0) is 12.5 Å². The molecule has 0 bridgehead atoms. The number of guanidine groups is 1. The van der Waals surface area contributed by atoms with Crippen LogP contribution in [0.3, 0.4) is 0 Å². The average Bonchev–Trinajstić information content (AvgIpc) is 2.34. The summed E-state index contributed by atoms with van der Waals surface area (Å²) in [6.07, 6.45) is 0. The Hall–Kier alpha value is -1.59. The minimum atomic E-state index is 0.573. The van der Waals surface area contributed by atoms with Gasteiger partial charge in [-0.2, -0.15) is 0 Å². The maximum atomic E-state index is 5.36. The fourth-order valence-electron chi connectivity index (χ4n) is 1.40. The minimum absolute atomic E-state index is 0.573. The second-order valence-corrected chi connectivity index (χ2v) is 3.72. The number of hydrogen-bond donors (Lipinski definition) is 3. The second-order valence-electron chi connectivity index (χ2n) is 3.72. The maximum Gasteiger partial charge on any atom is 0.206 e. The number of methoxy groups -OCH3 is 1. The first-order valence-corrected chi connectivity index (χ1v) is 5.55. The fraction of sp³-hybridized carbons (Fsp3) is 0.417. The molecule has 0 spiro atoms. The van der Waals surface area contributed by atoms with Crippen molar-refractivity contribution in [3.63, 3.8) is 0 Å². The van der Waals surface area contributed by atoms with Crippen molar-refractivity contribution >= 4 is 5.96 Å². The SMILES string of the molecule is COCCNC(=NCc1cccc(C)c1)NN. The summed E-state index contributed by atoms with van der Waals surface area (Å²) >= 11 is 0. The summed E-state index contributed by atoms with van der Waals surface area (Å²) in [5.41, 5.74) is 4.92. The molecule has 0 saturated carbocycles. The van der Waals surface area contributed by atoms with E-state index in [1.807, 2.05) is 12.1 Å². The van der Waals surface area contributed by atoms with Gasteiger partial charge in [-0.1, -0.05) is 29.8 Å². The zero-order valence-electron chi connectivity index (χ0n) is 10.4. The molecule has 0 fully saturated rings. The lowest BCUT2D eigenvalue weighted by Crippen LogP contribution is -2.42. The average molecular weight is 236 g/mol. The van der Waals surface area contributed by atoms with Crippen LogP contribution in [0.25, 0.3) is 0 Å². The number of benzene rings is 1. The lowest BCUT2D eigenvalue weighted by molar-refractivity contribution is 0.203. The van der Waals surface area contributed by atoms with Crippen molar-refractivity contribution in [2.45, 2.75) is 13.5 Å². The highest BCUT2D eigenvalue weighted by molar-refractivity contribution is 5.79. The van der Waals surface area contributed by atoms with Crippen LogP contribution < -0.4 is 16.6 Å². The fourth-order valence-corrected chi connectivity index (χ4v) is 1.40. The van der Waals surface area contributed by atoms with Gasteiger partial charge in [-0.15, -0.1) is 0 Å². The highest BCUT2D eigenvalue weighted by atomic mass is 16.5. The molecule has 0 unspecified atom stereocenters. The zero-order valence-corrected chi connectivity index (χ0v) is 10.4. The number of nitrogens with two attached hydrogens (primary N) is 1. The van der Waals surface area contributed by atoms with Crippen LogP contribution in [-0.2, 0) is 11.3 Å². The monoisotopic (exact) mass is 236 g/mol. The highest BCUT2D eigenvalue weighted by Gasteiger charge is 1.96. The lowest BCUT2D eigenvalue weighted by Gasteiger charge is -2.08. The van der Waals surface area contributed by atoms with Crippen LogP contribution in [0.4, 0.5) is 0 Å². The van der Waals surface area contributed by atoms with Crippen LogP contribution in [0.15, 0.2) is 29.3 Å². The van der Waals surface area contributed by atoms with E-state index in [4.69, 9.17) is 10.6 Å². The quantitative estimate of drug-likeness (QED) is 0.229. The van der Waals surface area contributed by atoms with Crippen LogP contribution in [0, 0.1) is 6.92 Å². The van der Waals surface area contributed by atoms with E-state index in [-0.39, 0.29) is 0 Å². The Morgan fingerprint density at radius 1 is 1.47 bits per heavy atom. The molecule has 0 aliphatic heterocycles. The molecule has 0 saturated heterocycles. The molecule has 0 atom stereocenters. The van der Waals surface area contributed by atoms with Crippen LogP contribution >= 0.6 is 0 Å². The zero-order chi connectivity index (χ0) is 12.5. The predicted molar refractivity (Wildman–Crippen MR) is 69.5 cm³/mol. The van der Waals surface area contributed by atoms with E-state index in [0.717, 1.165) is 5.56 Å². The molecule has 5 heteroatoms. The van der Waals surface area contributed by atoms with E-state index in [2.05, 4.69) is 34.8 Å². The van der Waals surface area contributed by atoms with E-state index in [1.165, 1.54) is 5.56 Å². The van der Waals surface area contributed by atoms with Crippen molar-refractivity contribution in [3.8, 4) is 0 Å². The van der Waals surface area contributed by atoms with E-state index < -0.39 is 0 Å². The Bertz CT molecular complexity index is 365. The second kappa shape index (κ2) is 7.65. The Morgan fingerprint density at radius 3 is 2.94 bits per heavy atom. The van der Waals surface area contributed by atoms with E-state index in [0.29, 0.717) is 25.7 Å². The topological polar surface area (TPSA) is 71.7 Å². The summed E-state index contributed by atoms with van der Waals surface area (Å²) in [4.78, 5) is 4.34. The van der Waals surface area contributed by atoms with Crippen molar-refractivity contribution < 1.29 is 4.74 Å². The van der Waals surface area contributed by atoms with Gasteiger partial charge in [-0.25, -0.2) is 10.8 Å². The van der Waals surface area contributed by atoms with Gasteiger partial charge in [0, 0.05) is 13.7 Å². The number of nitrogens with zero attached hydrogens (tertiary/aromatic N) is 1. The molecule has 0 aromatic heterocycles. The maximum absolute atomic E-state index is 5.36. The van der Waals surface area contributed by atoms with Crippen molar-refractivity contribution in [3.05, 3.63) is 35.4 Å². The normalized spacial score (nSPS) is 11.4. The van der Waals surface area contributed by atoms with Gasteiger partial charge >= 0.3 is 0 Å². The molecule has 0 amide bonds. The first kappa shape index (κ1) is 13.5. The number of aryl methyl sites for hydroxylation is 1. The summed E-state index contributed by atoms with van der Waals surface area (Å²) in [6.45, 7) is 3.95. The van der Waals surface area contributed by atoms with E-state index in [1.54, 1.807) is 7.11 Å². The number of rotatable bonds is 5. The Balaban J connectivity index is 2.49. The van der Waals surface area contributed by atoms with Crippen molar-refractivity contribution in [1.29, 1.82) is 0 Å². The van der Waals surface area contributed by atoms with E-state index in [9.17, 15) is 0 Å². The number of hydrazine groups is 1. The van der Waals surface area contributed by atoms with Gasteiger partial charge in [0.15, 0.2) is 0 Å². The summed E-state index contributed by atoms with van der Waals surface area (Å²) in [7, 11) is 1.65. The molecule has 1 aromatic carbocycles. The third-order valence-electron chi connectivity index (χ3n) is 2.24. The number of nitrogens with one attached hydrogen (secondary N) is 2. The summed E-state index contributed by atoms with van der Waals surface area (Å²) in [6, 6.07) is 8.23. The minimum Gasteiger partial charge on any atom is -0.383 e. The first-order chi connectivity index (χ1) is 8.26. The third-order valence-corrected chi connectivity index (χ3v) is 2.24.